The van der Waals surface area contributed by atoms with Crippen molar-refractivity contribution in [2.24, 2.45) is 0 Å². The third kappa shape index (κ3) is 2.16. The van der Waals surface area contributed by atoms with E-state index in [0.29, 0.717) is 11.8 Å². The maximum absolute atomic E-state index is 5.99. The monoisotopic (exact) mass is 264 g/mol. The predicted octanol–water partition coefficient (Wildman–Crippen LogP) is 3.57. The number of rotatable bonds is 2. The van der Waals surface area contributed by atoms with E-state index < -0.39 is 0 Å². The summed E-state index contributed by atoms with van der Waals surface area (Å²) in [5.74, 6) is 1.01. The van der Waals surface area contributed by atoms with Gasteiger partial charge in [0.2, 0.25) is 5.95 Å². The lowest BCUT2D eigenvalue weighted by atomic mass is 10.1. The van der Waals surface area contributed by atoms with Gasteiger partial charge in [-0.2, -0.15) is 4.98 Å². The van der Waals surface area contributed by atoms with Crippen LogP contribution in [-0.4, -0.2) is 9.97 Å². The molecular formula is C16H16N4. The zero-order valence-corrected chi connectivity index (χ0v) is 11.5. The number of nitrogens with one attached hydrogen (secondary N) is 1. The first-order valence-corrected chi connectivity index (χ1v) is 6.50. The molecule has 3 aromatic rings. The number of fused-ring (bicyclic) bond motifs is 1. The van der Waals surface area contributed by atoms with Crippen molar-refractivity contribution in [3.8, 4) is 0 Å². The smallest absolute Gasteiger partial charge is 0.229 e. The maximum Gasteiger partial charge on any atom is 0.229 e. The number of hydrogen-bond donors (Lipinski definition) is 2. The Hall–Kier alpha value is -2.62. The number of anilines is 3. The van der Waals surface area contributed by atoms with Crippen molar-refractivity contribution in [1.29, 1.82) is 0 Å². The van der Waals surface area contributed by atoms with E-state index in [2.05, 4.69) is 35.2 Å². The van der Waals surface area contributed by atoms with E-state index in [1.54, 1.807) is 0 Å². The molecule has 0 aliphatic heterocycles. The van der Waals surface area contributed by atoms with Gasteiger partial charge in [0.15, 0.2) is 0 Å². The van der Waals surface area contributed by atoms with Crippen LogP contribution >= 0.6 is 0 Å². The zero-order valence-electron chi connectivity index (χ0n) is 11.5. The van der Waals surface area contributed by atoms with Gasteiger partial charge in [0.05, 0.1) is 5.52 Å². The quantitative estimate of drug-likeness (QED) is 0.742. The molecule has 3 rings (SSSR count). The van der Waals surface area contributed by atoms with Gasteiger partial charge < -0.3 is 11.1 Å². The van der Waals surface area contributed by atoms with Gasteiger partial charge in [-0.25, -0.2) is 4.98 Å². The Labute approximate surface area is 117 Å². The van der Waals surface area contributed by atoms with Crippen LogP contribution in [0.2, 0.25) is 0 Å². The lowest BCUT2D eigenvalue weighted by molar-refractivity contribution is 1.21. The van der Waals surface area contributed by atoms with Crippen LogP contribution in [0.25, 0.3) is 10.9 Å². The Kier molecular flexibility index (Phi) is 2.99. The largest absolute Gasteiger partial charge is 0.383 e. The zero-order chi connectivity index (χ0) is 14.1. The van der Waals surface area contributed by atoms with Crippen LogP contribution in [0, 0.1) is 13.8 Å². The van der Waals surface area contributed by atoms with Gasteiger partial charge in [-0.1, -0.05) is 24.3 Å². The summed E-state index contributed by atoms with van der Waals surface area (Å²) in [4.78, 5) is 8.82. The molecule has 0 bridgehead atoms. The van der Waals surface area contributed by atoms with Crippen molar-refractivity contribution < 1.29 is 0 Å². The molecule has 20 heavy (non-hydrogen) atoms. The Morgan fingerprint density at radius 3 is 2.60 bits per heavy atom. The predicted molar refractivity (Wildman–Crippen MR) is 83.1 cm³/mol. The van der Waals surface area contributed by atoms with Crippen LogP contribution in [0.1, 0.15) is 11.1 Å². The van der Waals surface area contributed by atoms with Crippen LogP contribution in [0.4, 0.5) is 17.5 Å². The number of nitrogen functional groups attached to an aromatic ring is 1. The highest BCUT2D eigenvalue weighted by Crippen LogP contribution is 2.24. The highest BCUT2D eigenvalue weighted by molar-refractivity contribution is 5.89. The molecule has 0 aliphatic rings. The summed E-state index contributed by atoms with van der Waals surface area (Å²) in [5, 5.41) is 4.12. The Morgan fingerprint density at radius 1 is 0.950 bits per heavy atom. The number of nitrogens with zero attached hydrogens (tertiary/aromatic N) is 2. The summed E-state index contributed by atoms with van der Waals surface area (Å²) < 4.78 is 0. The molecule has 1 heterocycles. The minimum absolute atomic E-state index is 0.489. The van der Waals surface area contributed by atoms with E-state index in [9.17, 15) is 0 Å². The van der Waals surface area contributed by atoms with Crippen molar-refractivity contribution in [3.63, 3.8) is 0 Å². The van der Waals surface area contributed by atoms with E-state index in [4.69, 9.17) is 5.73 Å². The first kappa shape index (κ1) is 12.4. The fourth-order valence-corrected chi connectivity index (χ4v) is 2.16. The van der Waals surface area contributed by atoms with Crippen LogP contribution in [0.5, 0.6) is 0 Å². The Bertz CT molecular complexity index is 781. The molecule has 4 nitrogen and oxygen atoms in total. The summed E-state index contributed by atoms with van der Waals surface area (Å²) in [5.41, 5.74) is 10.2. The van der Waals surface area contributed by atoms with Gasteiger partial charge in [-0.15, -0.1) is 0 Å². The highest BCUT2D eigenvalue weighted by atomic mass is 15.1. The lowest BCUT2D eigenvalue weighted by Crippen LogP contribution is -2.02. The molecular weight excluding hydrogens is 248 g/mol. The van der Waals surface area contributed by atoms with Crippen molar-refractivity contribution in [2.75, 3.05) is 11.1 Å². The van der Waals surface area contributed by atoms with E-state index in [1.165, 1.54) is 11.1 Å². The second-order valence-corrected chi connectivity index (χ2v) is 4.82. The number of benzene rings is 2. The highest BCUT2D eigenvalue weighted by Gasteiger charge is 2.06. The third-order valence-electron chi connectivity index (χ3n) is 3.48. The number of nitrogens with two attached hydrogens (primary N) is 1. The Balaban J connectivity index is 2.05. The molecule has 0 radical (unpaired) electrons. The first-order valence-electron chi connectivity index (χ1n) is 6.50. The summed E-state index contributed by atoms with van der Waals surface area (Å²) in [6, 6.07) is 13.8. The minimum Gasteiger partial charge on any atom is -0.383 e. The molecule has 0 saturated heterocycles. The van der Waals surface area contributed by atoms with Crippen molar-refractivity contribution in [2.45, 2.75) is 13.8 Å². The second kappa shape index (κ2) is 4.81. The second-order valence-electron chi connectivity index (χ2n) is 4.82. The number of hydrogen-bond acceptors (Lipinski definition) is 4. The van der Waals surface area contributed by atoms with Crippen LogP contribution in [-0.2, 0) is 0 Å². The molecule has 2 aromatic carbocycles. The molecule has 100 valence electrons. The lowest BCUT2D eigenvalue weighted by Gasteiger charge is -2.11. The molecule has 3 N–H and O–H groups in total. The van der Waals surface area contributed by atoms with Crippen molar-refractivity contribution in [1.82, 2.24) is 9.97 Å². The van der Waals surface area contributed by atoms with Gasteiger partial charge in [-0.05, 0) is 43.2 Å². The fraction of sp³-hybridized carbons (Fsp3) is 0.125. The van der Waals surface area contributed by atoms with E-state index in [-0.39, 0.29) is 0 Å². The van der Waals surface area contributed by atoms with E-state index in [0.717, 1.165) is 16.6 Å². The summed E-state index contributed by atoms with van der Waals surface area (Å²) in [7, 11) is 0. The van der Waals surface area contributed by atoms with E-state index >= 15 is 0 Å². The average Bonchev–Trinajstić information content (AvgIpc) is 2.44. The van der Waals surface area contributed by atoms with Crippen molar-refractivity contribution >= 4 is 28.4 Å². The topological polar surface area (TPSA) is 63.8 Å². The Morgan fingerprint density at radius 2 is 1.75 bits per heavy atom. The van der Waals surface area contributed by atoms with Crippen LogP contribution in [0.15, 0.2) is 42.5 Å². The van der Waals surface area contributed by atoms with Gasteiger partial charge >= 0.3 is 0 Å². The summed E-state index contributed by atoms with van der Waals surface area (Å²) in [6.45, 7) is 4.15. The minimum atomic E-state index is 0.489. The standard InChI is InChI=1S/C16H16N4/c1-10-6-5-9-13(11(10)2)18-16-19-14-8-4-3-7-12(14)15(17)20-16/h3-9H,1-2H3,(H3,17,18,19,20). The van der Waals surface area contributed by atoms with Gasteiger partial charge in [-0.3, -0.25) is 0 Å². The average molecular weight is 264 g/mol. The van der Waals surface area contributed by atoms with Gasteiger partial charge in [0.1, 0.15) is 5.82 Å². The number of para-hydroxylation sites is 1. The van der Waals surface area contributed by atoms with Crippen molar-refractivity contribution in [3.05, 3.63) is 53.6 Å². The molecule has 0 fully saturated rings. The molecule has 0 amide bonds. The van der Waals surface area contributed by atoms with Gasteiger partial charge in [0, 0.05) is 11.1 Å². The molecule has 0 atom stereocenters. The van der Waals surface area contributed by atoms with Crippen LogP contribution < -0.4 is 11.1 Å². The molecule has 0 saturated carbocycles. The molecule has 0 spiro atoms. The fourth-order valence-electron chi connectivity index (χ4n) is 2.16. The maximum atomic E-state index is 5.99. The molecule has 0 unspecified atom stereocenters. The summed E-state index contributed by atoms with van der Waals surface area (Å²) in [6.07, 6.45) is 0. The molecule has 4 heteroatoms. The van der Waals surface area contributed by atoms with Crippen LogP contribution in [0.3, 0.4) is 0 Å². The SMILES string of the molecule is Cc1cccc(Nc2nc(N)c3ccccc3n2)c1C. The number of aryl methyl sites for hydroxylation is 1. The first-order chi connectivity index (χ1) is 9.65. The third-order valence-corrected chi connectivity index (χ3v) is 3.48. The van der Waals surface area contributed by atoms with E-state index in [1.807, 2.05) is 36.4 Å². The van der Waals surface area contributed by atoms with Gasteiger partial charge in [0.25, 0.3) is 0 Å². The normalized spacial score (nSPS) is 10.7. The molecule has 0 aliphatic carbocycles. The number of aromatic nitrogens is 2. The summed E-state index contributed by atoms with van der Waals surface area (Å²) >= 11 is 0. The molecule has 1 aromatic heterocycles.